The number of allylic oxidation sites excluding steroid dienone is 1. The third-order valence-electron chi connectivity index (χ3n) is 7.38. The molecule has 8 nitrogen and oxygen atoms in total. The Kier molecular flexibility index (Phi) is 11.3. The summed E-state index contributed by atoms with van der Waals surface area (Å²) in [5, 5.41) is 27.6. The molecule has 3 heterocycles. The molecule has 9 heteroatoms. The number of rotatable bonds is 7. The summed E-state index contributed by atoms with van der Waals surface area (Å²) in [5.41, 5.74) is 5.36. The maximum Gasteiger partial charge on any atom is 0.240 e. The summed E-state index contributed by atoms with van der Waals surface area (Å²) in [6.07, 6.45) is 6.31. The predicted molar refractivity (Wildman–Crippen MR) is 140 cm³/mol. The van der Waals surface area contributed by atoms with Crippen molar-refractivity contribution in [3.05, 3.63) is 12.2 Å². The molecule has 0 spiro atoms. The van der Waals surface area contributed by atoms with Gasteiger partial charge in [-0.05, 0) is 63.7 Å². The Bertz CT molecular complexity index is 692. The average molecular weight is 514 g/mol. The fraction of sp³-hybridized carbons (Fsp3) is 0.885. The highest BCUT2D eigenvalue weighted by Gasteiger charge is 2.44. The van der Waals surface area contributed by atoms with Gasteiger partial charge in [0.2, 0.25) is 5.91 Å². The van der Waals surface area contributed by atoms with Crippen molar-refractivity contribution in [2.75, 3.05) is 19.7 Å². The van der Waals surface area contributed by atoms with E-state index in [0.717, 1.165) is 25.8 Å². The van der Waals surface area contributed by atoms with Crippen LogP contribution in [0.4, 0.5) is 0 Å². The molecule has 0 aromatic heterocycles. The number of carbonyl (C=O) groups excluding carboxylic acids is 1. The summed E-state index contributed by atoms with van der Waals surface area (Å²) in [7, 11) is 0. The highest BCUT2D eigenvalue weighted by Crippen LogP contribution is 2.34. The van der Waals surface area contributed by atoms with Crippen molar-refractivity contribution in [2.24, 2.45) is 23.5 Å². The van der Waals surface area contributed by atoms with Crippen LogP contribution in [-0.4, -0.2) is 83.0 Å². The summed E-state index contributed by atoms with van der Waals surface area (Å²) in [4.78, 5) is 13.5. The molecule has 0 radical (unpaired) electrons. The Labute approximate surface area is 215 Å². The van der Waals surface area contributed by atoms with E-state index in [9.17, 15) is 15.0 Å². The van der Waals surface area contributed by atoms with Gasteiger partial charge >= 0.3 is 0 Å². The molecule has 3 aliphatic heterocycles. The molecule has 3 rings (SSSR count). The standard InChI is InChI=1S/C26H47N3O5S/c1-15(2)11-18-9-10-33-24-19(12-18)14-28-22(24)25(32)29-21-8-6-5-7-20(13-27)35-26(17(4)31)34-23(21)16(3)30/h5-6,15-24,26,28,30-31H,7-14,27H2,1-4H3,(H,29,32)/b6-5-/t16-,17?,18?,19?,20?,21?,22?,23?,24?,26?/m0/s1. The van der Waals surface area contributed by atoms with Gasteiger partial charge < -0.3 is 36.1 Å². The largest absolute Gasteiger partial charge is 0.391 e. The van der Waals surface area contributed by atoms with E-state index in [1.807, 2.05) is 6.08 Å². The molecular weight excluding hydrogens is 466 g/mol. The zero-order valence-corrected chi connectivity index (χ0v) is 22.6. The first-order valence-corrected chi connectivity index (χ1v) is 14.3. The second kappa shape index (κ2) is 13.7. The zero-order valence-electron chi connectivity index (χ0n) is 21.8. The smallest absolute Gasteiger partial charge is 0.240 e. The summed E-state index contributed by atoms with van der Waals surface area (Å²) in [5.74, 6) is 1.50. The van der Waals surface area contributed by atoms with Gasteiger partial charge in [-0.25, -0.2) is 0 Å². The molecule has 0 aliphatic carbocycles. The van der Waals surface area contributed by atoms with Crippen LogP contribution in [0.15, 0.2) is 12.2 Å². The minimum atomic E-state index is -0.832. The number of carbonyl (C=O) groups is 1. The van der Waals surface area contributed by atoms with E-state index in [-0.39, 0.29) is 17.3 Å². The fourth-order valence-corrected chi connectivity index (χ4v) is 6.80. The zero-order chi connectivity index (χ0) is 25.5. The van der Waals surface area contributed by atoms with Crippen LogP contribution in [0.3, 0.4) is 0 Å². The quantitative estimate of drug-likeness (QED) is 0.326. The van der Waals surface area contributed by atoms with Gasteiger partial charge in [0, 0.05) is 24.9 Å². The number of ether oxygens (including phenoxy) is 2. The third kappa shape index (κ3) is 8.15. The molecule has 2 saturated heterocycles. The lowest BCUT2D eigenvalue weighted by molar-refractivity contribution is -0.131. The van der Waals surface area contributed by atoms with Crippen molar-refractivity contribution in [1.29, 1.82) is 0 Å². The number of amides is 1. The predicted octanol–water partition coefficient (Wildman–Crippen LogP) is 1.78. The maximum atomic E-state index is 13.5. The topological polar surface area (TPSA) is 126 Å². The van der Waals surface area contributed by atoms with Crippen LogP contribution in [-0.2, 0) is 14.3 Å². The van der Waals surface area contributed by atoms with Crippen molar-refractivity contribution >= 4 is 17.7 Å². The van der Waals surface area contributed by atoms with Gasteiger partial charge in [-0.15, -0.1) is 11.8 Å². The highest BCUT2D eigenvalue weighted by atomic mass is 32.2. The molecule has 10 atom stereocenters. The molecule has 6 N–H and O–H groups in total. The normalized spacial score (nSPS) is 39.3. The van der Waals surface area contributed by atoms with Crippen molar-refractivity contribution in [3.63, 3.8) is 0 Å². The summed E-state index contributed by atoms with van der Waals surface area (Å²) >= 11 is 1.48. The molecule has 9 unspecified atom stereocenters. The van der Waals surface area contributed by atoms with E-state index in [0.29, 0.717) is 37.3 Å². The van der Waals surface area contributed by atoms with Gasteiger partial charge in [0.1, 0.15) is 17.6 Å². The summed E-state index contributed by atoms with van der Waals surface area (Å²) < 4.78 is 12.5. The number of nitrogens with two attached hydrogens (primary N) is 1. The van der Waals surface area contributed by atoms with Gasteiger partial charge in [0.05, 0.1) is 24.4 Å². The van der Waals surface area contributed by atoms with Gasteiger partial charge in [0.25, 0.3) is 0 Å². The molecule has 0 bridgehead atoms. The van der Waals surface area contributed by atoms with Crippen molar-refractivity contribution in [2.45, 2.75) is 107 Å². The highest BCUT2D eigenvalue weighted by molar-refractivity contribution is 8.00. The second-order valence-electron chi connectivity index (χ2n) is 11.0. The number of aliphatic hydroxyl groups is 2. The minimum absolute atomic E-state index is 0.109. The molecule has 2 fully saturated rings. The van der Waals surface area contributed by atoms with Crippen LogP contribution < -0.4 is 16.4 Å². The van der Waals surface area contributed by atoms with Gasteiger partial charge in [-0.1, -0.05) is 26.0 Å². The number of fused-ring (bicyclic) bond motifs is 1. The molecule has 35 heavy (non-hydrogen) atoms. The van der Waals surface area contributed by atoms with Gasteiger partial charge in [-0.3, -0.25) is 4.79 Å². The average Bonchev–Trinajstić information content (AvgIpc) is 3.08. The van der Waals surface area contributed by atoms with Crippen LogP contribution in [0.1, 0.15) is 59.8 Å². The van der Waals surface area contributed by atoms with Crippen LogP contribution in [0.2, 0.25) is 0 Å². The number of hydrogen-bond donors (Lipinski definition) is 5. The molecular formula is C26H47N3O5S. The molecule has 0 saturated carbocycles. The molecule has 0 aromatic carbocycles. The monoisotopic (exact) mass is 513 g/mol. The Morgan fingerprint density at radius 3 is 2.60 bits per heavy atom. The first-order chi connectivity index (χ1) is 16.7. The Hall–Kier alpha value is -0.680. The number of aliphatic hydroxyl groups excluding tert-OH is 2. The van der Waals surface area contributed by atoms with E-state index in [1.54, 1.807) is 13.8 Å². The minimum Gasteiger partial charge on any atom is -0.391 e. The number of nitrogens with one attached hydrogen (secondary N) is 2. The first kappa shape index (κ1) is 28.9. The Balaban J connectivity index is 1.71. The summed E-state index contributed by atoms with van der Waals surface area (Å²) in [6.45, 7) is 9.79. The van der Waals surface area contributed by atoms with Crippen LogP contribution >= 0.6 is 11.8 Å². The second-order valence-corrected chi connectivity index (χ2v) is 12.4. The van der Waals surface area contributed by atoms with E-state index in [4.69, 9.17) is 15.2 Å². The van der Waals surface area contributed by atoms with Crippen LogP contribution in [0.25, 0.3) is 0 Å². The fourth-order valence-electron chi connectivity index (χ4n) is 5.67. The van der Waals surface area contributed by atoms with E-state index in [1.165, 1.54) is 18.2 Å². The lowest BCUT2D eigenvalue weighted by atomic mass is 9.85. The van der Waals surface area contributed by atoms with Crippen molar-refractivity contribution in [1.82, 2.24) is 10.6 Å². The maximum absolute atomic E-state index is 13.5. The van der Waals surface area contributed by atoms with E-state index in [2.05, 4.69) is 30.6 Å². The van der Waals surface area contributed by atoms with E-state index >= 15 is 0 Å². The molecule has 202 valence electrons. The number of hydrogen-bond acceptors (Lipinski definition) is 8. The Morgan fingerprint density at radius 2 is 1.94 bits per heavy atom. The molecule has 1 amide bonds. The summed E-state index contributed by atoms with van der Waals surface area (Å²) in [6, 6.07) is -0.856. The van der Waals surface area contributed by atoms with E-state index < -0.39 is 35.8 Å². The lowest BCUT2D eigenvalue weighted by Gasteiger charge is -2.36. The lowest BCUT2D eigenvalue weighted by Crippen LogP contribution is -2.56. The molecule has 3 aliphatic rings. The number of thioether (sulfide) groups is 1. The molecule has 0 aromatic rings. The van der Waals surface area contributed by atoms with Crippen LogP contribution in [0, 0.1) is 17.8 Å². The SMILES string of the molecule is CC(C)CC1CCOC2C(CNC2C(=O)NC2C/C=C\CC(CN)SC(C(C)O)OC2[C@H](C)O)C1. The van der Waals surface area contributed by atoms with Gasteiger partial charge in [0.15, 0.2) is 0 Å². The van der Waals surface area contributed by atoms with Crippen LogP contribution in [0.5, 0.6) is 0 Å². The third-order valence-corrected chi connectivity index (χ3v) is 8.93. The Morgan fingerprint density at radius 1 is 1.20 bits per heavy atom. The first-order valence-electron chi connectivity index (χ1n) is 13.4. The van der Waals surface area contributed by atoms with Gasteiger partial charge in [-0.2, -0.15) is 0 Å². The van der Waals surface area contributed by atoms with Crippen molar-refractivity contribution < 1.29 is 24.5 Å². The van der Waals surface area contributed by atoms with Crippen molar-refractivity contribution in [3.8, 4) is 0 Å².